The molecule has 1 unspecified atom stereocenters. The van der Waals surface area contributed by atoms with Crippen molar-refractivity contribution in [2.24, 2.45) is 0 Å². The van der Waals surface area contributed by atoms with Crippen LogP contribution < -0.4 is 5.32 Å². The Morgan fingerprint density at radius 3 is 2.42 bits per heavy atom. The summed E-state index contributed by atoms with van der Waals surface area (Å²) in [5, 5.41) is 3.10. The highest BCUT2D eigenvalue weighted by Gasteiger charge is 2.23. The van der Waals surface area contributed by atoms with Crippen molar-refractivity contribution in [1.29, 1.82) is 0 Å². The molecule has 0 fully saturated rings. The second-order valence-electron chi connectivity index (χ2n) is 4.16. The van der Waals surface area contributed by atoms with Crippen LogP contribution in [0.2, 0.25) is 0 Å². The quantitative estimate of drug-likeness (QED) is 0.878. The van der Waals surface area contributed by atoms with E-state index in [0.29, 0.717) is 17.0 Å². The number of nitrogens with one attached hydrogen (secondary N) is 1. The van der Waals surface area contributed by atoms with Crippen molar-refractivity contribution in [1.82, 2.24) is 5.32 Å². The molecule has 0 aliphatic rings. The number of hydrogen-bond donors (Lipinski definition) is 1. The third-order valence-corrected chi connectivity index (χ3v) is 3.19. The molecule has 0 aliphatic carbocycles. The summed E-state index contributed by atoms with van der Waals surface area (Å²) in [5.41, 5.74) is -0.0159. The van der Waals surface area contributed by atoms with Crippen LogP contribution in [-0.2, 0) is 0 Å². The minimum Gasteiger partial charge on any atom is -0.452 e. The van der Waals surface area contributed by atoms with Crippen molar-refractivity contribution in [2.45, 2.75) is 19.4 Å². The molecule has 1 N–H and O–H groups in total. The van der Waals surface area contributed by atoms with Crippen LogP contribution in [0.4, 0.5) is 8.78 Å². The van der Waals surface area contributed by atoms with Crippen molar-refractivity contribution < 1.29 is 13.2 Å². The van der Waals surface area contributed by atoms with Gasteiger partial charge >= 0.3 is 0 Å². The van der Waals surface area contributed by atoms with Crippen LogP contribution in [0.25, 0.3) is 0 Å². The van der Waals surface area contributed by atoms with E-state index in [9.17, 15) is 8.78 Å². The third-order valence-electron chi connectivity index (χ3n) is 2.77. The van der Waals surface area contributed by atoms with Crippen molar-refractivity contribution in [2.75, 3.05) is 6.54 Å². The second-order valence-corrected chi connectivity index (χ2v) is 4.95. The normalized spacial score (nSPS) is 12.6. The molecule has 5 heteroatoms. The number of furan rings is 1. The summed E-state index contributed by atoms with van der Waals surface area (Å²) < 4.78 is 33.7. The van der Waals surface area contributed by atoms with Gasteiger partial charge in [-0.3, -0.25) is 0 Å². The van der Waals surface area contributed by atoms with Crippen molar-refractivity contribution in [3.05, 3.63) is 58.0 Å². The van der Waals surface area contributed by atoms with Crippen LogP contribution in [0.3, 0.4) is 0 Å². The van der Waals surface area contributed by atoms with E-state index < -0.39 is 17.7 Å². The molecule has 2 rings (SSSR count). The molecule has 1 heterocycles. The van der Waals surface area contributed by atoms with Crippen LogP contribution in [0, 0.1) is 11.6 Å². The van der Waals surface area contributed by atoms with E-state index in [2.05, 4.69) is 21.2 Å². The molecular weight excluding hydrogens is 316 g/mol. The Bertz CT molecular complexity index is 536. The zero-order valence-electron chi connectivity index (χ0n) is 10.4. The molecule has 2 nitrogen and oxygen atoms in total. The van der Waals surface area contributed by atoms with Crippen LogP contribution in [0.15, 0.2) is 39.4 Å². The Labute approximate surface area is 118 Å². The van der Waals surface area contributed by atoms with Gasteiger partial charge in [-0.15, -0.1) is 0 Å². The molecule has 0 amide bonds. The lowest BCUT2D eigenvalue weighted by molar-refractivity contribution is 0.412. The zero-order valence-corrected chi connectivity index (χ0v) is 12.0. The first-order valence-corrected chi connectivity index (χ1v) is 6.85. The van der Waals surface area contributed by atoms with E-state index in [1.807, 2.05) is 6.92 Å². The number of benzene rings is 1. The van der Waals surface area contributed by atoms with Gasteiger partial charge in [0.2, 0.25) is 0 Å². The molecule has 0 saturated heterocycles. The summed E-state index contributed by atoms with van der Waals surface area (Å²) in [6.07, 6.45) is 0.856. The fraction of sp³-hybridized carbons (Fsp3) is 0.286. The average Bonchev–Trinajstić information content (AvgIpc) is 2.79. The highest BCUT2D eigenvalue weighted by Crippen LogP contribution is 2.29. The molecule has 0 aliphatic heterocycles. The summed E-state index contributed by atoms with van der Waals surface area (Å²) >= 11 is 3.20. The van der Waals surface area contributed by atoms with Crippen LogP contribution in [0.5, 0.6) is 0 Å². The van der Waals surface area contributed by atoms with Gasteiger partial charge in [0.15, 0.2) is 4.67 Å². The molecule has 1 aromatic heterocycles. The smallest absolute Gasteiger partial charge is 0.169 e. The SMILES string of the molecule is CCCNC(c1ccc(Br)o1)c1c(F)cccc1F. The van der Waals surface area contributed by atoms with Gasteiger partial charge in [-0.2, -0.15) is 0 Å². The number of halogens is 3. The van der Waals surface area contributed by atoms with Crippen molar-refractivity contribution in [3.8, 4) is 0 Å². The van der Waals surface area contributed by atoms with Gasteiger partial charge in [-0.05, 0) is 53.2 Å². The molecule has 0 bridgehead atoms. The average molecular weight is 330 g/mol. The lowest BCUT2D eigenvalue weighted by Gasteiger charge is -2.18. The van der Waals surface area contributed by atoms with Crippen LogP contribution >= 0.6 is 15.9 Å². The van der Waals surface area contributed by atoms with E-state index in [1.54, 1.807) is 12.1 Å². The molecule has 0 saturated carbocycles. The minimum atomic E-state index is -0.632. The Balaban J connectivity index is 2.42. The van der Waals surface area contributed by atoms with Gasteiger partial charge in [-0.1, -0.05) is 13.0 Å². The maximum atomic E-state index is 13.9. The van der Waals surface area contributed by atoms with Crippen molar-refractivity contribution in [3.63, 3.8) is 0 Å². The first-order chi connectivity index (χ1) is 9.13. The van der Waals surface area contributed by atoms with Gasteiger partial charge in [0.25, 0.3) is 0 Å². The van der Waals surface area contributed by atoms with Crippen molar-refractivity contribution >= 4 is 15.9 Å². The van der Waals surface area contributed by atoms with E-state index in [1.165, 1.54) is 18.2 Å². The lowest BCUT2D eigenvalue weighted by atomic mass is 10.0. The van der Waals surface area contributed by atoms with E-state index in [0.717, 1.165) is 6.42 Å². The van der Waals surface area contributed by atoms with E-state index in [-0.39, 0.29) is 5.56 Å². The van der Waals surface area contributed by atoms with Gasteiger partial charge in [0.05, 0.1) is 6.04 Å². The van der Waals surface area contributed by atoms with E-state index >= 15 is 0 Å². The summed E-state index contributed by atoms with van der Waals surface area (Å²) in [5.74, 6) is -0.688. The largest absolute Gasteiger partial charge is 0.452 e. The maximum Gasteiger partial charge on any atom is 0.169 e. The minimum absolute atomic E-state index is 0.0159. The summed E-state index contributed by atoms with van der Waals surface area (Å²) in [7, 11) is 0. The van der Waals surface area contributed by atoms with Gasteiger partial charge < -0.3 is 9.73 Å². The third kappa shape index (κ3) is 3.22. The number of hydrogen-bond acceptors (Lipinski definition) is 2. The van der Waals surface area contributed by atoms with Gasteiger partial charge in [-0.25, -0.2) is 8.78 Å². The molecule has 1 aromatic carbocycles. The molecule has 19 heavy (non-hydrogen) atoms. The van der Waals surface area contributed by atoms with Crippen LogP contribution in [-0.4, -0.2) is 6.54 Å². The lowest BCUT2D eigenvalue weighted by Crippen LogP contribution is -2.24. The Morgan fingerprint density at radius 1 is 1.21 bits per heavy atom. The summed E-state index contributed by atoms with van der Waals surface area (Å²) in [6.45, 7) is 2.62. The molecule has 0 radical (unpaired) electrons. The standard InChI is InChI=1S/C14H14BrF2NO/c1-2-8-18-14(11-6-7-12(15)19-11)13-9(16)4-3-5-10(13)17/h3-7,14,18H,2,8H2,1H3. The molecule has 0 spiro atoms. The van der Waals surface area contributed by atoms with Gasteiger partial charge in [0, 0.05) is 5.56 Å². The molecule has 2 aromatic rings. The monoisotopic (exact) mass is 329 g/mol. The Morgan fingerprint density at radius 2 is 1.89 bits per heavy atom. The molecule has 1 atom stereocenters. The highest BCUT2D eigenvalue weighted by atomic mass is 79.9. The number of rotatable bonds is 5. The summed E-state index contributed by atoms with van der Waals surface area (Å²) in [4.78, 5) is 0. The zero-order chi connectivity index (χ0) is 13.8. The molecule has 102 valence electrons. The second kappa shape index (κ2) is 6.30. The van der Waals surface area contributed by atoms with E-state index in [4.69, 9.17) is 4.42 Å². The topological polar surface area (TPSA) is 25.2 Å². The maximum absolute atomic E-state index is 13.9. The molecular formula is C14H14BrF2NO. The fourth-order valence-corrected chi connectivity index (χ4v) is 2.22. The first kappa shape index (κ1) is 14.2. The Hall–Kier alpha value is -1.20. The van der Waals surface area contributed by atoms with Gasteiger partial charge in [0.1, 0.15) is 17.4 Å². The first-order valence-electron chi connectivity index (χ1n) is 6.06. The predicted molar refractivity (Wildman–Crippen MR) is 72.9 cm³/mol. The fourth-order valence-electron chi connectivity index (χ4n) is 1.90. The Kier molecular flexibility index (Phi) is 4.71. The predicted octanol–water partition coefficient (Wildman–Crippen LogP) is 4.41. The summed E-state index contributed by atoms with van der Waals surface area (Å²) in [6, 6.07) is 6.61. The van der Waals surface area contributed by atoms with Crippen LogP contribution in [0.1, 0.15) is 30.7 Å². The highest BCUT2D eigenvalue weighted by molar-refractivity contribution is 9.10.